The highest BCUT2D eigenvalue weighted by Gasteiger charge is 2.23. The second-order valence-electron chi connectivity index (χ2n) is 7.40. The molecule has 1 aromatic carbocycles. The lowest BCUT2D eigenvalue weighted by Gasteiger charge is -2.20. The highest BCUT2D eigenvalue weighted by atomic mass is 79.9. The van der Waals surface area contributed by atoms with Crippen molar-refractivity contribution < 1.29 is 0 Å². The van der Waals surface area contributed by atoms with E-state index in [4.69, 9.17) is 5.10 Å². The van der Waals surface area contributed by atoms with Crippen LogP contribution in [-0.4, -0.2) is 19.6 Å². The molecule has 0 amide bonds. The van der Waals surface area contributed by atoms with Crippen LogP contribution in [0.5, 0.6) is 0 Å². The van der Waals surface area contributed by atoms with Crippen molar-refractivity contribution >= 4 is 38.2 Å². The van der Waals surface area contributed by atoms with Crippen LogP contribution in [0.25, 0.3) is 21.5 Å². The first kappa shape index (κ1) is 18.1. The molecule has 5 nitrogen and oxygen atoms in total. The summed E-state index contributed by atoms with van der Waals surface area (Å²) in [6.45, 7) is 6.55. The predicted octanol–water partition coefficient (Wildman–Crippen LogP) is 4.89. The summed E-state index contributed by atoms with van der Waals surface area (Å²) in [5, 5.41) is 12.0. The number of rotatable bonds is 3. The van der Waals surface area contributed by atoms with Crippen LogP contribution >= 0.6 is 27.3 Å². The molecule has 4 aromatic rings. The van der Waals surface area contributed by atoms with E-state index in [9.17, 15) is 4.79 Å². The maximum absolute atomic E-state index is 13.3. The molecule has 3 aromatic heterocycles. The van der Waals surface area contributed by atoms with Crippen LogP contribution in [-0.2, 0) is 12.1 Å². The molecule has 0 bridgehead atoms. The Balaban J connectivity index is 1.97. The predicted molar refractivity (Wildman–Crippen MR) is 113 cm³/mol. The van der Waals surface area contributed by atoms with Crippen molar-refractivity contribution in [2.75, 3.05) is 0 Å². The van der Waals surface area contributed by atoms with Crippen molar-refractivity contribution in [2.24, 2.45) is 0 Å². The Morgan fingerprint density at radius 2 is 1.89 bits per heavy atom. The van der Waals surface area contributed by atoms with Gasteiger partial charge < -0.3 is 0 Å². The number of thiophene rings is 1. The number of aromatic nitrogens is 4. The molecule has 7 heteroatoms. The van der Waals surface area contributed by atoms with Crippen molar-refractivity contribution in [1.29, 1.82) is 0 Å². The zero-order valence-electron chi connectivity index (χ0n) is 15.3. The molecule has 0 spiro atoms. The minimum atomic E-state index is -0.301. The summed E-state index contributed by atoms with van der Waals surface area (Å²) in [5.74, 6) is 0. The molecule has 0 unspecified atom stereocenters. The summed E-state index contributed by atoms with van der Waals surface area (Å²) in [5.41, 5.74) is 1.99. The number of fused-ring (bicyclic) bond motifs is 1. The third-order valence-corrected chi connectivity index (χ3v) is 5.72. The molecule has 0 aliphatic carbocycles. The first-order valence-corrected chi connectivity index (χ1v) is 10.3. The fourth-order valence-electron chi connectivity index (χ4n) is 3.04. The number of hydrogen-bond donors (Lipinski definition) is 0. The van der Waals surface area contributed by atoms with Gasteiger partial charge >= 0.3 is 0 Å². The summed E-state index contributed by atoms with van der Waals surface area (Å²) < 4.78 is 4.36. The number of hydrogen-bond acceptors (Lipinski definition) is 4. The van der Waals surface area contributed by atoms with E-state index in [1.54, 1.807) is 22.2 Å². The quantitative estimate of drug-likeness (QED) is 0.453. The van der Waals surface area contributed by atoms with E-state index >= 15 is 0 Å². The van der Waals surface area contributed by atoms with Crippen LogP contribution < -0.4 is 5.56 Å². The standard InChI is InChI=1S/C20H19BrN4OS/c1-20(2,3)25-18-15(11-22-25)17(16-5-4-10-27-16)23-24(19(18)26)12-13-6-8-14(21)9-7-13/h4-11H,12H2,1-3H3. The zero-order valence-corrected chi connectivity index (χ0v) is 17.7. The Bertz CT molecular complexity index is 1150. The van der Waals surface area contributed by atoms with E-state index < -0.39 is 0 Å². The molecule has 0 atom stereocenters. The molecule has 0 aliphatic rings. The molecule has 0 radical (unpaired) electrons. The molecule has 0 fully saturated rings. The number of halogens is 1. The highest BCUT2D eigenvalue weighted by molar-refractivity contribution is 9.10. The Kier molecular flexibility index (Phi) is 4.52. The molecular formula is C20H19BrN4OS. The van der Waals surface area contributed by atoms with Crippen molar-refractivity contribution in [2.45, 2.75) is 32.9 Å². The van der Waals surface area contributed by atoms with Crippen LogP contribution in [0.2, 0.25) is 0 Å². The van der Waals surface area contributed by atoms with Gasteiger partial charge in [-0.1, -0.05) is 34.1 Å². The topological polar surface area (TPSA) is 52.7 Å². The third kappa shape index (κ3) is 3.37. The first-order valence-electron chi connectivity index (χ1n) is 8.62. The monoisotopic (exact) mass is 442 g/mol. The van der Waals surface area contributed by atoms with Gasteiger partial charge in [-0.25, -0.2) is 4.68 Å². The average Bonchev–Trinajstić information content (AvgIpc) is 3.28. The van der Waals surface area contributed by atoms with Gasteiger partial charge in [0.15, 0.2) is 0 Å². The summed E-state index contributed by atoms with van der Waals surface area (Å²) in [6, 6.07) is 11.9. The number of benzene rings is 1. The van der Waals surface area contributed by atoms with Crippen molar-refractivity contribution in [3.05, 3.63) is 68.4 Å². The SMILES string of the molecule is CC(C)(C)n1ncc2c(-c3cccs3)nn(Cc3ccc(Br)cc3)c(=O)c21. The van der Waals surface area contributed by atoms with Gasteiger partial charge in [-0.15, -0.1) is 11.3 Å². The summed E-state index contributed by atoms with van der Waals surface area (Å²) >= 11 is 5.06. The van der Waals surface area contributed by atoms with E-state index in [-0.39, 0.29) is 11.1 Å². The van der Waals surface area contributed by atoms with Gasteiger partial charge in [-0.05, 0) is 49.9 Å². The molecule has 0 saturated carbocycles. The Morgan fingerprint density at radius 1 is 1.15 bits per heavy atom. The van der Waals surface area contributed by atoms with Crippen LogP contribution in [0, 0.1) is 0 Å². The maximum atomic E-state index is 13.3. The Labute approximate surface area is 169 Å². The minimum Gasteiger partial charge on any atom is -0.265 e. The molecule has 138 valence electrons. The Hall–Kier alpha value is -2.25. The Morgan fingerprint density at radius 3 is 2.52 bits per heavy atom. The fraction of sp³-hybridized carbons (Fsp3) is 0.250. The largest absolute Gasteiger partial charge is 0.293 e. The van der Waals surface area contributed by atoms with Crippen LogP contribution in [0.15, 0.2) is 57.2 Å². The van der Waals surface area contributed by atoms with E-state index in [1.165, 1.54) is 0 Å². The van der Waals surface area contributed by atoms with E-state index in [0.717, 1.165) is 26.0 Å². The van der Waals surface area contributed by atoms with Crippen LogP contribution in [0.1, 0.15) is 26.3 Å². The lowest BCUT2D eigenvalue weighted by Crippen LogP contribution is -2.30. The fourth-order valence-corrected chi connectivity index (χ4v) is 4.03. The summed E-state index contributed by atoms with van der Waals surface area (Å²) in [7, 11) is 0. The van der Waals surface area contributed by atoms with Gasteiger partial charge in [0.25, 0.3) is 5.56 Å². The van der Waals surface area contributed by atoms with Crippen LogP contribution in [0.4, 0.5) is 0 Å². The van der Waals surface area contributed by atoms with Gasteiger partial charge in [0, 0.05) is 4.47 Å². The van der Waals surface area contributed by atoms with Crippen molar-refractivity contribution in [3.63, 3.8) is 0 Å². The smallest absolute Gasteiger partial charge is 0.265 e. The van der Waals surface area contributed by atoms with Crippen LogP contribution in [0.3, 0.4) is 0 Å². The normalized spacial score (nSPS) is 12.0. The molecule has 4 rings (SSSR count). The van der Waals surface area contributed by atoms with E-state index in [1.807, 2.05) is 67.2 Å². The third-order valence-electron chi connectivity index (χ3n) is 4.32. The molecule has 3 heterocycles. The molecule has 0 N–H and O–H groups in total. The lowest BCUT2D eigenvalue weighted by atomic mass is 10.1. The van der Waals surface area contributed by atoms with Crippen molar-refractivity contribution in [1.82, 2.24) is 19.6 Å². The number of nitrogens with zero attached hydrogens (tertiary/aromatic N) is 4. The van der Waals surface area contributed by atoms with E-state index in [2.05, 4.69) is 21.0 Å². The zero-order chi connectivity index (χ0) is 19.2. The summed E-state index contributed by atoms with van der Waals surface area (Å²) in [6.07, 6.45) is 1.76. The highest BCUT2D eigenvalue weighted by Crippen LogP contribution is 2.30. The molecule has 0 aliphatic heterocycles. The second-order valence-corrected chi connectivity index (χ2v) is 9.27. The second kappa shape index (κ2) is 6.73. The molecular weight excluding hydrogens is 424 g/mol. The van der Waals surface area contributed by atoms with Gasteiger partial charge in [-0.3, -0.25) is 9.48 Å². The maximum Gasteiger partial charge on any atom is 0.293 e. The van der Waals surface area contributed by atoms with Crippen molar-refractivity contribution in [3.8, 4) is 10.6 Å². The van der Waals surface area contributed by atoms with E-state index in [0.29, 0.717) is 12.1 Å². The van der Waals surface area contributed by atoms with Gasteiger partial charge in [0.2, 0.25) is 0 Å². The average molecular weight is 443 g/mol. The van der Waals surface area contributed by atoms with Gasteiger partial charge in [0.1, 0.15) is 11.2 Å². The van der Waals surface area contributed by atoms with Gasteiger partial charge in [0.05, 0.1) is 28.5 Å². The minimum absolute atomic E-state index is 0.124. The summed E-state index contributed by atoms with van der Waals surface area (Å²) in [4.78, 5) is 14.3. The lowest BCUT2D eigenvalue weighted by molar-refractivity contribution is 0.366. The molecule has 27 heavy (non-hydrogen) atoms. The molecule has 0 saturated heterocycles. The van der Waals surface area contributed by atoms with Gasteiger partial charge in [-0.2, -0.15) is 10.2 Å². The first-order chi connectivity index (χ1) is 12.8.